The van der Waals surface area contributed by atoms with Gasteiger partial charge in [0.15, 0.2) is 0 Å². The number of methoxy groups -OCH3 is 1. The van der Waals surface area contributed by atoms with Crippen LogP contribution in [0.4, 0.5) is 0 Å². The highest BCUT2D eigenvalue weighted by atomic mass is 16.5. The Hall–Kier alpha value is -0.610. The normalized spacial score (nSPS) is 20.2. The maximum atomic E-state index is 11.5. The van der Waals surface area contributed by atoms with Gasteiger partial charge in [0.1, 0.15) is 0 Å². The van der Waals surface area contributed by atoms with Gasteiger partial charge in [-0.2, -0.15) is 0 Å². The number of rotatable bonds is 5. The molecule has 1 aliphatic rings. The molecule has 4 nitrogen and oxygen atoms in total. The summed E-state index contributed by atoms with van der Waals surface area (Å²) >= 11 is 0. The largest absolute Gasteiger partial charge is 0.469 e. The minimum atomic E-state index is -0.601. The van der Waals surface area contributed by atoms with Gasteiger partial charge in [0.25, 0.3) is 0 Å². The SMILES string of the molecule is COC(=O)C(C)(C)COCC1(N)CCCCCC1. The number of ether oxygens (including phenoxy) is 2. The Labute approximate surface area is 110 Å². The Morgan fingerprint density at radius 2 is 1.78 bits per heavy atom. The highest BCUT2D eigenvalue weighted by Gasteiger charge is 2.31. The van der Waals surface area contributed by atoms with Gasteiger partial charge in [0, 0.05) is 5.54 Å². The smallest absolute Gasteiger partial charge is 0.313 e. The van der Waals surface area contributed by atoms with Gasteiger partial charge in [0.05, 0.1) is 25.7 Å². The fourth-order valence-corrected chi connectivity index (χ4v) is 2.42. The lowest BCUT2D eigenvalue weighted by molar-refractivity contribution is -0.154. The lowest BCUT2D eigenvalue weighted by Gasteiger charge is -2.30. The first-order valence-corrected chi connectivity index (χ1v) is 6.85. The van der Waals surface area contributed by atoms with Crippen LogP contribution < -0.4 is 5.73 Å². The standard InChI is InChI=1S/C14H27NO3/c1-13(2,12(16)17-3)10-18-11-14(15)8-6-4-5-7-9-14/h4-11,15H2,1-3H3. The van der Waals surface area contributed by atoms with Crippen molar-refractivity contribution in [3.63, 3.8) is 0 Å². The molecular formula is C14H27NO3. The van der Waals surface area contributed by atoms with Crippen LogP contribution in [-0.4, -0.2) is 31.8 Å². The second-order valence-corrected chi connectivity index (χ2v) is 6.14. The molecule has 0 aromatic carbocycles. The predicted octanol–water partition coefficient (Wildman–Crippen LogP) is 2.25. The second-order valence-electron chi connectivity index (χ2n) is 6.14. The Morgan fingerprint density at radius 1 is 1.22 bits per heavy atom. The van der Waals surface area contributed by atoms with Crippen molar-refractivity contribution in [3.05, 3.63) is 0 Å². The van der Waals surface area contributed by atoms with Crippen molar-refractivity contribution in [1.82, 2.24) is 0 Å². The molecule has 0 bridgehead atoms. The van der Waals surface area contributed by atoms with Crippen molar-refractivity contribution >= 4 is 5.97 Å². The third-order valence-electron chi connectivity index (χ3n) is 3.69. The van der Waals surface area contributed by atoms with Crippen LogP contribution in [0.25, 0.3) is 0 Å². The summed E-state index contributed by atoms with van der Waals surface area (Å²) in [5.41, 5.74) is 5.55. The zero-order chi connectivity index (χ0) is 13.6. The summed E-state index contributed by atoms with van der Waals surface area (Å²) in [5.74, 6) is -0.241. The topological polar surface area (TPSA) is 61.5 Å². The van der Waals surface area contributed by atoms with E-state index in [1.807, 2.05) is 13.8 Å². The molecule has 4 heteroatoms. The number of carbonyl (C=O) groups excluding carboxylic acids is 1. The van der Waals surface area contributed by atoms with E-state index >= 15 is 0 Å². The van der Waals surface area contributed by atoms with E-state index < -0.39 is 5.41 Å². The number of hydrogen-bond donors (Lipinski definition) is 1. The first kappa shape index (κ1) is 15.4. The van der Waals surface area contributed by atoms with E-state index in [1.54, 1.807) is 0 Å². The van der Waals surface area contributed by atoms with Crippen LogP contribution in [0.3, 0.4) is 0 Å². The molecule has 18 heavy (non-hydrogen) atoms. The molecule has 1 rings (SSSR count). The molecule has 2 N–H and O–H groups in total. The first-order valence-electron chi connectivity index (χ1n) is 6.85. The quantitative estimate of drug-likeness (QED) is 0.606. The van der Waals surface area contributed by atoms with E-state index in [2.05, 4.69) is 0 Å². The van der Waals surface area contributed by atoms with Gasteiger partial charge in [-0.05, 0) is 26.7 Å². The summed E-state index contributed by atoms with van der Waals surface area (Å²) in [6, 6.07) is 0. The molecule has 0 aliphatic heterocycles. The van der Waals surface area contributed by atoms with Crippen LogP contribution in [-0.2, 0) is 14.3 Å². The van der Waals surface area contributed by atoms with Crippen molar-refractivity contribution in [2.24, 2.45) is 11.1 Å². The van der Waals surface area contributed by atoms with E-state index in [4.69, 9.17) is 15.2 Å². The predicted molar refractivity (Wildman–Crippen MR) is 71.2 cm³/mol. The maximum Gasteiger partial charge on any atom is 0.313 e. The summed E-state index contributed by atoms with van der Waals surface area (Å²) in [5, 5.41) is 0. The number of esters is 1. The summed E-state index contributed by atoms with van der Waals surface area (Å²) in [7, 11) is 1.40. The molecule has 0 atom stereocenters. The maximum absolute atomic E-state index is 11.5. The molecule has 0 unspecified atom stereocenters. The van der Waals surface area contributed by atoms with E-state index in [0.29, 0.717) is 13.2 Å². The number of hydrogen-bond acceptors (Lipinski definition) is 4. The fraction of sp³-hybridized carbons (Fsp3) is 0.929. The highest BCUT2D eigenvalue weighted by Crippen LogP contribution is 2.26. The Balaban J connectivity index is 2.38. The molecule has 0 amide bonds. The monoisotopic (exact) mass is 257 g/mol. The van der Waals surface area contributed by atoms with E-state index in [0.717, 1.165) is 12.8 Å². The van der Waals surface area contributed by atoms with Crippen LogP contribution in [0.1, 0.15) is 52.4 Å². The lowest BCUT2D eigenvalue weighted by atomic mass is 9.92. The molecule has 0 saturated heterocycles. The van der Waals surface area contributed by atoms with Crippen LogP contribution in [0.15, 0.2) is 0 Å². The Bertz CT molecular complexity index is 268. The third kappa shape index (κ3) is 4.58. The van der Waals surface area contributed by atoms with Gasteiger partial charge < -0.3 is 15.2 Å². The summed E-state index contributed by atoms with van der Waals surface area (Å²) in [6.07, 6.45) is 6.94. The minimum Gasteiger partial charge on any atom is -0.469 e. The number of nitrogens with two attached hydrogens (primary N) is 1. The molecule has 0 spiro atoms. The van der Waals surface area contributed by atoms with Gasteiger partial charge >= 0.3 is 5.97 Å². The van der Waals surface area contributed by atoms with Crippen LogP contribution in [0, 0.1) is 5.41 Å². The van der Waals surface area contributed by atoms with E-state index in [1.165, 1.54) is 32.8 Å². The van der Waals surface area contributed by atoms with Crippen molar-refractivity contribution in [2.75, 3.05) is 20.3 Å². The molecule has 0 heterocycles. The molecular weight excluding hydrogens is 230 g/mol. The summed E-state index contributed by atoms with van der Waals surface area (Å²) < 4.78 is 10.4. The van der Waals surface area contributed by atoms with Gasteiger partial charge in [-0.15, -0.1) is 0 Å². The minimum absolute atomic E-state index is 0.206. The molecule has 106 valence electrons. The van der Waals surface area contributed by atoms with Gasteiger partial charge in [0.2, 0.25) is 0 Å². The van der Waals surface area contributed by atoms with E-state index in [9.17, 15) is 4.79 Å². The van der Waals surface area contributed by atoms with Gasteiger partial charge in [-0.3, -0.25) is 4.79 Å². The molecule has 0 aromatic rings. The van der Waals surface area contributed by atoms with Gasteiger partial charge in [-0.25, -0.2) is 0 Å². The molecule has 1 fully saturated rings. The van der Waals surface area contributed by atoms with Crippen LogP contribution in [0.5, 0.6) is 0 Å². The zero-order valence-electron chi connectivity index (χ0n) is 12.0. The van der Waals surface area contributed by atoms with Gasteiger partial charge in [-0.1, -0.05) is 25.7 Å². The average molecular weight is 257 g/mol. The van der Waals surface area contributed by atoms with Crippen LogP contribution in [0.2, 0.25) is 0 Å². The number of carbonyl (C=O) groups is 1. The van der Waals surface area contributed by atoms with E-state index in [-0.39, 0.29) is 11.5 Å². The van der Waals surface area contributed by atoms with Crippen molar-refractivity contribution in [3.8, 4) is 0 Å². The lowest BCUT2D eigenvalue weighted by Crippen LogP contribution is -2.45. The molecule has 0 radical (unpaired) electrons. The van der Waals surface area contributed by atoms with Crippen molar-refractivity contribution in [1.29, 1.82) is 0 Å². The average Bonchev–Trinajstić information content (AvgIpc) is 2.53. The second kappa shape index (κ2) is 6.53. The van der Waals surface area contributed by atoms with Crippen molar-refractivity contribution in [2.45, 2.75) is 57.9 Å². The van der Waals surface area contributed by atoms with Crippen molar-refractivity contribution < 1.29 is 14.3 Å². The zero-order valence-corrected chi connectivity index (χ0v) is 12.0. The summed E-state index contributed by atoms with van der Waals surface area (Å²) in [4.78, 5) is 11.5. The highest BCUT2D eigenvalue weighted by molar-refractivity contribution is 5.75. The first-order chi connectivity index (χ1) is 8.40. The van der Waals surface area contributed by atoms with Crippen LogP contribution >= 0.6 is 0 Å². The molecule has 1 aliphatic carbocycles. The Morgan fingerprint density at radius 3 is 2.28 bits per heavy atom. The Kier molecular flexibility index (Phi) is 5.60. The molecule has 1 saturated carbocycles. The third-order valence-corrected chi connectivity index (χ3v) is 3.69. The fourth-order valence-electron chi connectivity index (χ4n) is 2.42. The molecule has 0 aromatic heterocycles. The summed E-state index contributed by atoms with van der Waals surface area (Å²) in [6.45, 7) is 4.55.